The van der Waals surface area contributed by atoms with Crippen LogP contribution in [-0.2, 0) is 11.2 Å². The molecule has 0 spiro atoms. The zero-order chi connectivity index (χ0) is 20.8. The van der Waals surface area contributed by atoms with Crippen LogP contribution in [0.3, 0.4) is 0 Å². The molecule has 2 aromatic carbocycles. The Morgan fingerprint density at radius 3 is 2.55 bits per heavy atom. The number of aromatic nitrogens is 2. The van der Waals surface area contributed by atoms with Crippen LogP contribution in [0.5, 0.6) is 0 Å². The van der Waals surface area contributed by atoms with Gasteiger partial charge in [-0.15, -0.1) is 0 Å². The summed E-state index contributed by atoms with van der Waals surface area (Å²) in [5.74, 6) is 0.591. The lowest BCUT2D eigenvalue weighted by atomic mass is 9.92. The van der Waals surface area contributed by atoms with Crippen molar-refractivity contribution in [3.05, 3.63) is 65.2 Å². The van der Waals surface area contributed by atoms with E-state index in [1.807, 2.05) is 36.4 Å². The monoisotopic (exact) mass is 392 g/mol. The van der Waals surface area contributed by atoms with Crippen molar-refractivity contribution < 1.29 is 14.3 Å². The molecule has 5 heteroatoms. The Labute approximate surface area is 171 Å². The molecule has 0 aliphatic carbocycles. The molecule has 3 aromatic rings. The van der Waals surface area contributed by atoms with Gasteiger partial charge in [0.05, 0.1) is 24.9 Å². The normalized spacial score (nSPS) is 12.1. The number of hydrogen-bond acceptors (Lipinski definition) is 4. The Morgan fingerprint density at radius 1 is 1.14 bits per heavy atom. The van der Waals surface area contributed by atoms with Crippen LogP contribution in [0.1, 0.15) is 77.8 Å². The highest BCUT2D eigenvalue weighted by Crippen LogP contribution is 2.34. The SMILES string of the molecule is CCCCc1ncc(C=O)n1C(CCC)c1ccc(C(=O)OC)c2ccccc12. The summed E-state index contributed by atoms with van der Waals surface area (Å²) in [6.07, 6.45) is 7.32. The molecular weight excluding hydrogens is 364 g/mol. The Bertz CT molecular complexity index is 1010. The van der Waals surface area contributed by atoms with Gasteiger partial charge in [-0.1, -0.05) is 57.0 Å². The first kappa shape index (κ1) is 20.8. The minimum Gasteiger partial charge on any atom is -0.465 e. The van der Waals surface area contributed by atoms with Crippen molar-refractivity contribution in [2.75, 3.05) is 7.11 Å². The summed E-state index contributed by atoms with van der Waals surface area (Å²) in [6, 6.07) is 11.7. The predicted molar refractivity (Wildman–Crippen MR) is 115 cm³/mol. The van der Waals surface area contributed by atoms with Gasteiger partial charge in [-0.2, -0.15) is 0 Å². The smallest absolute Gasteiger partial charge is 0.338 e. The summed E-state index contributed by atoms with van der Waals surface area (Å²) >= 11 is 0. The van der Waals surface area contributed by atoms with Gasteiger partial charge in [0.25, 0.3) is 0 Å². The Morgan fingerprint density at radius 2 is 1.90 bits per heavy atom. The van der Waals surface area contributed by atoms with Crippen LogP contribution in [0.4, 0.5) is 0 Å². The molecule has 0 aliphatic heterocycles. The first-order chi connectivity index (χ1) is 14.2. The van der Waals surface area contributed by atoms with Crippen LogP contribution < -0.4 is 0 Å². The molecule has 0 N–H and O–H groups in total. The van der Waals surface area contributed by atoms with Gasteiger partial charge in [-0.3, -0.25) is 4.79 Å². The maximum Gasteiger partial charge on any atom is 0.338 e. The fourth-order valence-corrected chi connectivity index (χ4v) is 3.98. The van der Waals surface area contributed by atoms with Crippen molar-refractivity contribution in [2.45, 2.75) is 52.0 Å². The van der Waals surface area contributed by atoms with Gasteiger partial charge in [-0.05, 0) is 35.2 Å². The third-order valence-electron chi connectivity index (χ3n) is 5.37. The molecule has 0 bridgehead atoms. The van der Waals surface area contributed by atoms with Crippen LogP contribution in [0.15, 0.2) is 42.6 Å². The number of aldehydes is 1. The first-order valence-corrected chi connectivity index (χ1v) is 10.3. The lowest BCUT2D eigenvalue weighted by Gasteiger charge is -2.24. The van der Waals surface area contributed by atoms with E-state index in [1.54, 1.807) is 6.20 Å². The maximum atomic E-state index is 12.3. The van der Waals surface area contributed by atoms with E-state index in [9.17, 15) is 9.59 Å². The van der Waals surface area contributed by atoms with Crippen LogP contribution in [0.2, 0.25) is 0 Å². The fourth-order valence-electron chi connectivity index (χ4n) is 3.98. The highest BCUT2D eigenvalue weighted by Gasteiger charge is 2.23. The number of carbonyl (C=O) groups excluding carboxylic acids is 2. The second-order valence-electron chi connectivity index (χ2n) is 7.23. The van der Waals surface area contributed by atoms with E-state index < -0.39 is 0 Å². The standard InChI is InChI=1S/C24H28N2O3/c1-4-6-12-23-25-15-17(16-27)26(23)22(9-5-2)20-13-14-21(24(28)29-3)19-11-8-7-10-18(19)20/h7-8,10-11,13-16,22H,4-6,9,12H2,1-3H3. The van der Waals surface area contributed by atoms with Gasteiger partial charge >= 0.3 is 5.97 Å². The lowest BCUT2D eigenvalue weighted by Crippen LogP contribution is -2.17. The van der Waals surface area contributed by atoms with E-state index >= 15 is 0 Å². The Hall–Kier alpha value is -2.95. The number of unbranched alkanes of at least 4 members (excludes halogenated alkanes) is 1. The number of benzene rings is 2. The van der Waals surface area contributed by atoms with Gasteiger partial charge in [0, 0.05) is 6.42 Å². The summed E-state index contributed by atoms with van der Waals surface area (Å²) in [5, 5.41) is 1.86. The minimum absolute atomic E-state index is 0.0221. The van der Waals surface area contributed by atoms with Crippen LogP contribution in [0.25, 0.3) is 10.8 Å². The predicted octanol–water partition coefficient (Wildman–Crippen LogP) is 5.37. The van der Waals surface area contributed by atoms with Gasteiger partial charge in [0.1, 0.15) is 11.5 Å². The lowest BCUT2D eigenvalue weighted by molar-refractivity contribution is 0.0603. The maximum absolute atomic E-state index is 12.3. The molecule has 1 unspecified atom stereocenters. The Kier molecular flexibility index (Phi) is 6.81. The number of nitrogens with zero attached hydrogens (tertiary/aromatic N) is 2. The molecule has 0 fully saturated rings. The number of fused-ring (bicyclic) bond motifs is 1. The number of aryl methyl sites for hydroxylation is 1. The van der Waals surface area contributed by atoms with Crippen LogP contribution in [0, 0.1) is 0 Å². The van der Waals surface area contributed by atoms with E-state index in [0.717, 1.165) is 60.6 Å². The van der Waals surface area contributed by atoms with Crippen molar-refractivity contribution in [3.8, 4) is 0 Å². The third kappa shape index (κ3) is 4.09. The number of hydrogen-bond donors (Lipinski definition) is 0. The highest BCUT2D eigenvalue weighted by atomic mass is 16.5. The molecule has 0 amide bonds. The van der Waals surface area contributed by atoms with Crippen LogP contribution >= 0.6 is 0 Å². The van der Waals surface area contributed by atoms with Gasteiger partial charge in [-0.25, -0.2) is 9.78 Å². The largest absolute Gasteiger partial charge is 0.465 e. The van der Waals surface area contributed by atoms with Gasteiger partial charge in [0.2, 0.25) is 0 Å². The minimum atomic E-state index is -0.348. The number of imidazole rings is 1. The first-order valence-electron chi connectivity index (χ1n) is 10.3. The molecule has 1 heterocycles. The quantitative estimate of drug-likeness (QED) is 0.363. The van der Waals surface area contributed by atoms with E-state index in [1.165, 1.54) is 7.11 Å². The van der Waals surface area contributed by atoms with E-state index in [4.69, 9.17) is 4.74 Å². The van der Waals surface area contributed by atoms with Crippen LogP contribution in [-0.4, -0.2) is 28.9 Å². The zero-order valence-electron chi connectivity index (χ0n) is 17.4. The van der Waals surface area contributed by atoms with Crippen molar-refractivity contribution in [1.29, 1.82) is 0 Å². The average molecular weight is 392 g/mol. The molecule has 1 aromatic heterocycles. The molecular formula is C24H28N2O3. The number of carbonyl (C=O) groups is 2. The summed E-state index contributed by atoms with van der Waals surface area (Å²) in [7, 11) is 1.40. The summed E-state index contributed by atoms with van der Waals surface area (Å²) in [5.41, 5.74) is 2.24. The molecule has 0 saturated carbocycles. The van der Waals surface area contributed by atoms with E-state index in [-0.39, 0.29) is 12.0 Å². The van der Waals surface area contributed by atoms with E-state index in [0.29, 0.717) is 11.3 Å². The van der Waals surface area contributed by atoms with E-state index in [2.05, 4.69) is 23.4 Å². The molecule has 5 nitrogen and oxygen atoms in total. The molecule has 0 aliphatic rings. The fraction of sp³-hybridized carbons (Fsp3) is 0.375. The highest BCUT2D eigenvalue weighted by molar-refractivity contribution is 6.05. The molecule has 29 heavy (non-hydrogen) atoms. The number of methoxy groups -OCH3 is 1. The van der Waals surface area contributed by atoms with Gasteiger partial charge < -0.3 is 9.30 Å². The molecule has 1 atom stereocenters. The topological polar surface area (TPSA) is 61.2 Å². The number of ether oxygens (including phenoxy) is 1. The number of rotatable bonds is 9. The second kappa shape index (κ2) is 9.50. The zero-order valence-corrected chi connectivity index (χ0v) is 17.4. The van der Waals surface area contributed by atoms with Crippen molar-refractivity contribution >= 4 is 23.0 Å². The van der Waals surface area contributed by atoms with Crippen molar-refractivity contribution in [3.63, 3.8) is 0 Å². The van der Waals surface area contributed by atoms with Gasteiger partial charge in [0.15, 0.2) is 6.29 Å². The second-order valence-corrected chi connectivity index (χ2v) is 7.23. The summed E-state index contributed by atoms with van der Waals surface area (Å²) < 4.78 is 7.05. The number of esters is 1. The molecule has 152 valence electrons. The Balaban J connectivity index is 2.22. The average Bonchev–Trinajstić information content (AvgIpc) is 3.17. The summed E-state index contributed by atoms with van der Waals surface area (Å²) in [4.78, 5) is 28.6. The molecule has 3 rings (SSSR count). The van der Waals surface area contributed by atoms with Crippen molar-refractivity contribution in [1.82, 2.24) is 9.55 Å². The van der Waals surface area contributed by atoms with Crippen molar-refractivity contribution in [2.24, 2.45) is 0 Å². The molecule has 0 saturated heterocycles. The summed E-state index contributed by atoms with van der Waals surface area (Å²) in [6.45, 7) is 4.29. The molecule has 0 radical (unpaired) electrons. The third-order valence-corrected chi connectivity index (χ3v) is 5.37.